The maximum Gasteiger partial charge on any atom is 0.413 e. The third kappa shape index (κ3) is 5.76. The molecule has 2 aromatic carbocycles. The second-order valence-electron chi connectivity index (χ2n) is 14.7. The summed E-state index contributed by atoms with van der Waals surface area (Å²) in [5, 5.41) is 11.2. The van der Waals surface area contributed by atoms with Crippen molar-refractivity contribution in [1.82, 2.24) is 19.8 Å². The summed E-state index contributed by atoms with van der Waals surface area (Å²) in [5.41, 5.74) is 2.77. The van der Waals surface area contributed by atoms with Crippen molar-refractivity contribution in [2.75, 3.05) is 44.5 Å². The number of carbonyl (C=O) groups excluding carboxylic acids is 2. The van der Waals surface area contributed by atoms with Gasteiger partial charge in [-0.05, 0) is 92.3 Å². The van der Waals surface area contributed by atoms with E-state index in [-0.39, 0.29) is 41.9 Å². The van der Waals surface area contributed by atoms with E-state index in [2.05, 4.69) is 21.7 Å². The summed E-state index contributed by atoms with van der Waals surface area (Å²) in [7, 11) is 0. The monoisotopic (exact) mass is 691 g/mol. The summed E-state index contributed by atoms with van der Waals surface area (Å²) >= 11 is 0. The van der Waals surface area contributed by atoms with Gasteiger partial charge in [-0.25, -0.2) is 13.6 Å². The molecule has 4 saturated heterocycles. The van der Waals surface area contributed by atoms with Gasteiger partial charge in [0, 0.05) is 43.9 Å². The number of alkyl halides is 1. The minimum absolute atomic E-state index is 0.0222. The molecule has 5 heterocycles. The van der Waals surface area contributed by atoms with Crippen LogP contribution in [-0.2, 0) is 20.7 Å². The molecule has 11 nitrogen and oxygen atoms in total. The van der Waals surface area contributed by atoms with Crippen LogP contribution in [0.25, 0.3) is 22.0 Å². The second kappa shape index (κ2) is 12.8. The zero-order chi connectivity index (χ0) is 34.7. The highest BCUT2D eigenvalue weighted by Gasteiger charge is 2.50. The van der Waals surface area contributed by atoms with Gasteiger partial charge in [0.05, 0.1) is 17.6 Å². The first-order valence-electron chi connectivity index (χ1n) is 17.8. The molecule has 3 unspecified atom stereocenters. The van der Waals surface area contributed by atoms with Crippen LogP contribution < -0.4 is 9.64 Å². The average molecular weight is 692 g/mol. The van der Waals surface area contributed by atoms with E-state index in [9.17, 15) is 19.1 Å². The minimum atomic E-state index is -0.921. The molecule has 8 rings (SSSR count). The number of carbonyl (C=O) groups is 2. The number of amides is 1. The third-order valence-corrected chi connectivity index (χ3v) is 11.6. The van der Waals surface area contributed by atoms with Crippen LogP contribution in [0.1, 0.15) is 75.8 Å². The van der Waals surface area contributed by atoms with Crippen molar-refractivity contribution >= 4 is 28.8 Å². The number of aryl methyl sites for hydroxylation is 1. The van der Waals surface area contributed by atoms with E-state index >= 15 is 4.39 Å². The fraction of sp³-hybridized carbons (Fsp3) is 0.568. The Morgan fingerprint density at radius 3 is 2.62 bits per heavy atom. The van der Waals surface area contributed by atoms with Crippen molar-refractivity contribution in [1.29, 1.82) is 0 Å². The van der Waals surface area contributed by atoms with E-state index in [0.29, 0.717) is 48.4 Å². The van der Waals surface area contributed by atoms with E-state index < -0.39 is 36.4 Å². The predicted octanol–water partition coefficient (Wildman–Crippen LogP) is 5.85. The number of hydrogen-bond donors (Lipinski definition) is 1. The molecule has 0 spiro atoms. The van der Waals surface area contributed by atoms with E-state index in [1.165, 1.54) is 6.92 Å². The number of fused-ring (bicyclic) bond motifs is 5. The van der Waals surface area contributed by atoms with Crippen LogP contribution in [-0.4, -0.2) is 100 Å². The summed E-state index contributed by atoms with van der Waals surface area (Å²) in [6, 6.07) is 6.65. The molecule has 266 valence electrons. The van der Waals surface area contributed by atoms with Gasteiger partial charge in [0.25, 0.3) is 0 Å². The van der Waals surface area contributed by atoms with Crippen LogP contribution in [0.5, 0.6) is 11.8 Å². The number of benzene rings is 2. The topological polar surface area (TPSA) is 118 Å². The molecule has 0 radical (unpaired) electrons. The van der Waals surface area contributed by atoms with Crippen molar-refractivity contribution in [3.05, 3.63) is 41.2 Å². The van der Waals surface area contributed by atoms with Crippen molar-refractivity contribution in [3.63, 3.8) is 0 Å². The molecular formula is C37H43F2N5O6. The number of esters is 1. The summed E-state index contributed by atoms with van der Waals surface area (Å²) < 4.78 is 47.9. The minimum Gasteiger partial charge on any atom is -0.508 e. The van der Waals surface area contributed by atoms with E-state index in [0.717, 1.165) is 62.6 Å². The number of halogens is 2. The lowest BCUT2D eigenvalue weighted by Crippen LogP contribution is -2.56. The van der Waals surface area contributed by atoms with Gasteiger partial charge in [-0.2, -0.15) is 9.97 Å². The number of piperazine rings is 1. The standard InChI is InChI=1S/C37H43F2N5O6/c1-21-5-3-6-23-13-27(46)14-30(31(21)23)28-9-10-29-33(32(28)39)40-35(48-19-37-11-4-12-43(37)16-24(38)15-37)41-34(29)42-17-25-7-8-26(18-42)44(25)36(47)50-20-49-22(2)45/h9-10,13-14,21,24-26,46H,3-8,11-12,15-20H2,1-2H3/t21?,24-,25?,26?,37+/m1/s1. The number of aromatic hydroxyl groups is 1. The Balaban J connectivity index is 1.17. The first kappa shape index (κ1) is 32.9. The third-order valence-electron chi connectivity index (χ3n) is 11.6. The van der Waals surface area contributed by atoms with Gasteiger partial charge in [0.15, 0.2) is 5.82 Å². The Bertz CT molecular complexity index is 1830. The number of anilines is 1. The molecule has 4 aliphatic heterocycles. The quantitative estimate of drug-likeness (QED) is 0.239. The molecule has 1 aliphatic carbocycles. The number of aromatic nitrogens is 2. The maximum atomic E-state index is 17.0. The maximum absolute atomic E-state index is 17.0. The van der Waals surface area contributed by atoms with Gasteiger partial charge in [-0.3, -0.25) is 14.6 Å². The molecule has 0 saturated carbocycles. The van der Waals surface area contributed by atoms with Crippen molar-refractivity contribution in [2.45, 2.75) is 94.9 Å². The average Bonchev–Trinajstić information content (AvgIpc) is 3.70. The van der Waals surface area contributed by atoms with E-state index in [1.807, 2.05) is 6.07 Å². The van der Waals surface area contributed by atoms with E-state index in [4.69, 9.17) is 19.2 Å². The van der Waals surface area contributed by atoms with Gasteiger partial charge >= 0.3 is 18.1 Å². The summed E-state index contributed by atoms with van der Waals surface area (Å²) in [6.07, 6.45) is 5.00. The Hall–Kier alpha value is -4.26. The van der Waals surface area contributed by atoms with Gasteiger partial charge in [0.1, 0.15) is 29.9 Å². The van der Waals surface area contributed by atoms with Gasteiger partial charge < -0.3 is 24.2 Å². The number of ether oxygens (including phenoxy) is 3. The molecule has 1 N–H and O–H groups in total. The van der Waals surface area contributed by atoms with E-state index in [1.54, 1.807) is 23.1 Å². The number of phenols is 1. The van der Waals surface area contributed by atoms with Crippen molar-refractivity contribution < 1.29 is 37.7 Å². The molecule has 1 amide bonds. The lowest BCUT2D eigenvalue weighted by molar-refractivity contribution is -0.149. The Morgan fingerprint density at radius 2 is 1.84 bits per heavy atom. The lowest BCUT2D eigenvalue weighted by Gasteiger charge is -2.41. The molecule has 5 aliphatic rings. The summed E-state index contributed by atoms with van der Waals surface area (Å²) in [5.74, 6) is -0.255. The first-order valence-corrected chi connectivity index (χ1v) is 17.8. The summed E-state index contributed by atoms with van der Waals surface area (Å²) in [6.45, 7) is 5.18. The lowest BCUT2D eigenvalue weighted by atomic mass is 9.79. The van der Waals surface area contributed by atoms with Crippen LogP contribution in [0.15, 0.2) is 24.3 Å². The zero-order valence-electron chi connectivity index (χ0n) is 28.5. The largest absolute Gasteiger partial charge is 0.508 e. The predicted molar refractivity (Wildman–Crippen MR) is 180 cm³/mol. The smallest absolute Gasteiger partial charge is 0.413 e. The molecule has 1 aromatic heterocycles. The summed E-state index contributed by atoms with van der Waals surface area (Å²) in [4.78, 5) is 39.6. The molecule has 5 atom stereocenters. The van der Waals surface area contributed by atoms with Crippen LogP contribution in [0.4, 0.5) is 19.4 Å². The Morgan fingerprint density at radius 1 is 1.04 bits per heavy atom. The highest BCUT2D eigenvalue weighted by atomic mass is 19.1. The van der Waals surface area contributed by atoms with Crippen LogP contribution in [0, 0.1) is 5.82 Å². The normalized spacial score (nSPS) is 27.4. The first-order chi connectivity index (χ1) is 24.1. The zero-order valence-corrected chi connectivity index (χ0v) is 28.5. The fourth-order valence-electron chi connectivity index (χ4n) is 9.35. The highest BCUT2D eigenvalue weighted by molar-refractivity contribution is 5.94. The molecule has 13 heteroatoms. The van der Waals surface area contributed by atoms with Crippen molar-refractivity contribution in [3.8, 4) is 22.9 Å². The SMILES string of the molecule is CC(=O)OCOC(=O)N1C2CCC1CN(c1nc(OC[C@@]34CCCN3C[C@H](F)C4)nc3c(F)c(-c4cc(O)cc5c4C(C)CCC5)ccc13)C2. The number of rotatable bonds is 7. The van der Waals surface area contributed by atoms with Gasteiger partial charge in [-0.1, -0.05) is 13.0 Å². The van der Waals surface area contributed by atoms with Crippen LogP contribution >= 0.6 is 0 Å². The Kier molecular flexibility index (Phi) is 8.43. The molecule has 4 fully saturated rings. The number of hydrogen-bond acceptors (Lipinski definition) is 10. The highest BCUT2D eigenvalue weighted by Crippen LogP contribution is 2.45. The fourth-order valence-corrected chi connectivity index (χ4v) is 9.35. The number of phenolic OH excluding ortho intramolecular Hbond substituents is 1. The Labute approximate surface area is 289 Å². The molecule has 2 bridgehead atoms. The van der Waals surface area contributed by atoms with Crippen LogP contribution in [0.2, 0.25) is 0 Å². The molecule has 50 heavy (non-hydrogen) atoms. The van der Waals surface area contributed by atoms with Crippen LogP contribution in [0.3, 0.4) is 0 Å². The molecular weight excluding hydrogens is 648 g/mol. The van der Waals surface area contributed by atoms with Crippen molar-refractivity contribution in [2.24, 2.45) is 0 Å². The van der Waals surface area contributed by atoms with Gasteiger partial charge in [0.2, 0.25) is 6.79 Å². The number of nitrogens with zero attached hydrogens (tertiary/aromatic N) is 5. The molecule has 3 aromatic rings. The second-order valence-corrected chi connectivity index (χ2v) is 14.7. The van der Waals surface area contributed by atoms with Gasteiger partial charge in [-0.15, -0.1) is 0 Å².